The lowest BCUT2D eigenvalue weighted by Crippen LogP contribution is -2.50. The van der Waals surface area contributed by atoms with Gasteiger partial charge in [0.1, 0.15) is 0 Å². The molecule has 0 unspecified atom stereocenters. The molecule has 2 saturated heterocycles. The molecule has 4 fully saturated rings. The summed E-state index contributed by atoms with van der Waals surface area (Å²) in [5.41, 5.74) is 1.25. The second-order valence-electron chi connectivity index (χ2n) is 5.73. The summed E-state index contributed by atoms with van der Waals surface area (Å²) >= 11 is 0. The predicted octanol–water partition coefficient (Wildman–Crippen LogP) is 0.461. The van der Waals surface area contributed by atoms with Crippen LogP contribution in [0.3, 0.4) is 0 Å². The molecular weight excluding hydrogens is 188 g/mol. The van der Waals surface area contributed by atoms with Crippen molar-refractivity contribution in [2.45, 2.75) is 24.8 Å². The second-order valence-corrected chi connectivity index (χ2v) is 5.73. The van der Waals surface area contributed by atoms with E-state index in [0.717, 1.165) is 19.1 Å². The molecule has 0 aromatic heterocycles. The molecule has 2 aliphatic heterocycles. The van der Waals surface area contributed by atoms with E-state index in [2.05, 4.69) is 10.2 Å². The first-order valence-corrected chi connectivity index (χ1v) is 6.44. The topological polar surface area (TPSA) is 24.5 Å². The zero-order valence-corrected chi connectivity index (χ0v) is 9.30. The Bertz CT molecular complexity index is 285. The Hall–Kier alpha value is -0.120. The molecule has 15 heavy (non-hydrogen) atoms. The van der Waals surface area contributed by atoms with Crippen molar-refractivity contribution in [1.29, 1.82) is 0 Å². The summed E-state index contributed by atoms with van der Waals surface area (Å²) in [6.45, 7) is 6.77. The first kappa shape index (κ1) is 8.97. The van der Waals surface area contributed by atoms with Gasteiger partial charge in [-0.2, -0.15) is 0 Å². The fourth-order valence-electron chi connectivity index (χ4n) is 5.02. The normalized spacial score (nSPS) is 54.0. The number of hydrogen-bond acceptors (Lipinski definition) is 3. The van der Waals surface area contributed by atoms with Gasteiger partial charge in [0.05, 0.1) is 13.2 Å². The molecule has 3 nitrogen and oxygen atoms in total. The summed E-state index contributed by atoms with van der Waals surface area (Å²) in [6, 6.07) is 0. The SMILES string of the molecule is C1C[C@H]2[C@]3(C1)CNC[C@@]23N1CCOCC1. The summed E-state index contributed by atoms with van der Waals surface area (Å²) < 4.78 is 5.48. The zero-order chi connectivity index (χ0) is 9.93. The van der Waals surface area contributed by atoms with Crippen LogP contribution in [-0.4, -0.2) is 49.8 Å². The van der Waals surface area contributed by atoms with Crippen molar-refractivity contribution in [3.8, 4) is 0 Å². The Labute approximate surface area is 91.2 Å². The van der Waals surface area contributed by atoms with Gasteiger partial charge < -0.3 is 10.1 Å². The first-order valence-electron chi connectivity index (χ1n) is 6.44. The number of hydrogen-bond donors (Lipinski definition) is 1. The molecule has 84 valence electrons. The Morgan fingerprint density at radius 1 is 1.20 bits per heavy atom. The standard InChI is InChI=1S/C12H20N2O/c1-2-10-11(3-1)8-13-9-12(10,11)14-4-6-15-7-5-14/h10,13H,1-9H2/t10-,11-,12+/m0/s1. The van der Waals surface area contributed by atoms with Crippen LogP contribution in [0.15, 0.2) is 0 Å². The lowest BCUT2D eigenvalue weighted by Gasteiger charge is -2.37. The monoisotopic (exact) mass is 208 g/mol. The van der Waals surface area contributed by atoms with Crippen LogP contribution in [0, 0.1) is 11.3 Å². The minimum Gasteiger partial charge on any atom is -0.379 e. The van der Waals surface area contributed by atoms with Crippen LogP contribution in [0.2, 0.25) is 0 Å². The highest BCUT2D eigenvalue weighted by Gasteiger charge is 2.81. The number of nitrogens with one attached hydrogen (secondary N) is 1. The van der Waals surface area contributed by atoms with Crippen molar-refractivity contribution >= 4 is 0 Å². The van der Waals surface area contributed by atoms with E-state index in [1.54, 1.807) is 0 Å². The molecule has 0 amide bonds. The highest BCUT2D eigenvalue weighted by atomic mass is 16.5. The average Bonchev–Trinajstić information content (AvgIpc) is 2.70. The largest absolute Gasteiger partial charge is 0.379 e. The maximum Gasteiger partial charge on any atom is 0.0594 e. The molecule has 0 radical (unpaired) electrons. The van der Waals surface area contributed by atoms with Crippen molar-refractivity contribution in [1.82, 2.24) is 10.2 Å². The molecule has 0 bridgehead atoms. The summed E-state index contributed by atoms with van der Waals surface area (Å²) in [4.78, 5) is 2.75. The first-order chi connectivity index (χ1) is 7.40. The van der Waals surface area contributed by atoms with Gasteiger partial charge in [-0.25, -0.2) is 0 Å². The van der Waals surface area contributed by atoms with Crippen LogP contribution in [0.1, 0.15) is 19.3 Å². The van der Waals surface area contributed by atoms with Crippen LogP contribution in [-0.2, 0) is 4.74 Å². The van der Waals surface area contributed by atoms with Gasteiger partial charge in [-0.15, -0.1) is 0 Å². The van der Waals surface area contributed by atoms with Gasteiger partial charge in [-0.05, 0) is 18.8 Å². The third-order valence-corrected chi connectivity index (χ3v) is 5.55. The van der Waals surface area contributed by atoms with E-state index in [4.69, 9.17) is 4.74 Å². The predicted molar refractivity (Wildman–Crippen MR) is 57.8 cm³/mol. The van der Waals surface area contributed by atoms with Crippen molar-refractivity contribution in [2.24, 2.45) is 11.3 Å². The van der Waals surface area contributed by atoms with Crippen molar-refractivity contribution in [3.05, 3.63) is 0 Å². The van der Waals surface area contributed by atoms with E-state index in [1.807, 2.05) is 0 Å². The highest BCUT2D eigenvalue weighted by Crippen LogP contribution is 2.74. The molecule has 4 rings (SSSR count). The van der Waals surface area contributed by atoms with E-state index in [9.17, 15) is 0 Å². The lowest BCUT2D eigenvalue weighted by atomic mass is 9.96. The molecule has 3 heteroatoms. The van der Waals surface area contributed by atoms with Crippen molar-refractivity contribution in [3.63, 3.8) is 0 Å². The molecule has 0 aromatic rings. The number of ether oxygens (including phenoxy) is 1. The third-order valence-electron chi connectivity index (χ3n) is 5.55. The van der Waals surface area contributed by atoms with Gasteiger partial charge in [0.15, 0.2) is 0 Å². The Balaban J connectivity index is 1.65. The number of morpholine rings is 1. The van der Waals surface area contributed by atoms with Crippen LogP contribution in [0.25, 0.3) is 0 Å². The Morgan fingerprint density at radius 2 is 2.07 bits per heavy atom. The van der Waals surface area contributed by atoms with E-state index >= 15 is 0 Å². The summed E-state index contributed by atoms with van der Waals surface area (Å²) in [6.07, 6.45) is 4.43. The quantitative estimate of drug-likeness (QED) is 0.677. The van der Waals surface area contributed by atoms with E-state index in [-0.39, 0.29) is 0 Å². The average molecular weight is 208 g/mol. The third kappa shape index (κ3) is 0.855. The van der Waals surface area contributed by atoms with Gasteiger partial charge in [-0.1, -0.05) is 6.42 Å². The molecule has 2 saturated carbocycles. The number of piperidine rings is 1. The molecule has 4 aliphatic rings. The maximum atomic E-state index is 5.48. The molecular formula is C12H20N2O. The molecule has 1 N–H and O–H groups in total. The smallest absolute Gasteiger partial charge is 0.0594 e. The minimum absolute atomic E-state index is 0.565. The molecule has 2 heterocycles. The summed E-state index contributed by atoms with van der Waals surface area (Å²) in [7, 11) is 0. The van der Waals surface area contributed by atoms with Crippen LogP contribution < -0.4 is 5.32 Å². The van der Waals surface area contributed by atoms with E-state index in [1.165, 1.54) is 45.4 Å². The fraction of sp³-hybridized carbons (Fsp3) is 1.00. The minimum atomic E-state index is 0.565. The van der Waals surface area contributed by atoms with Crippen molar-refractivity contribution < 1.29 is 4.74 Å². The van der Waals surface area contributed by atoms with Gasteiger partial charge in [0.25, 0.3) is 0 Å². The van der Waals surface area contributed by atoms with Gasteiger partial charge >= 0.3 is 0 Å². The van der Waals surface area contributed by atoms with Gasteiger partial charge in [0.2, 0.25) is 0 Å². The fourth-order valence-corrected chi connectivity index (χ4v) is 5.02. The summed E-state index contributed by atoms with van der Waals surface area (Å²) in [5, 5.41) is 3.64. The Kier molecular flexibility index (Phi) is 1.65. The molecule has 2 aliphatic carbocycles. The van der Waals surface area contributed by atoms with Gasteiger partial charge in [-0.3, -0.25) is 4.90 Å². The number of fused-ring (bicyclic) bond motifs is 1. The van der Waals surface area contributed by atoms with Crippen LogP contribution >= 0.6 is 0 Å². The van der Waals surface area contributed by atoms with E-state index < -0.39 is 0 Å². The van der Waals surface area contributed by atoms with Crippen LogP contribution in [0.4, 0.5) is 0 Å². The lowest BCUT2D eigenvalue weighted by molar-refractivity contribution is 0.000130. The van der Waals surface area contributed by atoms with E-state index in [0.29, 0.717) is 11.0 Å². The molecule has 1 spiro atoms. The maximum absolute atomic E-state index is 5.48. The highest BCUT2D eigenvalue weighted by molar-refractivity contribution is 5.35. The Morgan fingerprint density at radius 3 is 2.87 bits per heavy atom. The van der Waals surface area contributed by atoms with Crippen LogP contribution in [0.5, 0.6) is 0 Å². The number of nitrogens with zero attached hydrogens (tertiary/aromatic N) is 1. The van der Waals surface area contributed by atoms with Crippen molar-refractivity contribution in [2.75, 3.05) is 39.4 Å². The zero-order valence-electron chi connectivity index (χ0n) is 9.30. The summed E-state index contributed by atoms with van der Waals surface area (Å²) in [5.74, 6) is 1.02. The number of rotatable bonds is 1. The molecule has 0 aromatic carbocycles. The molecule has 3 atom stereocenters. The van der Waals surface area contributed by atoms with Gasteiger partial charge in [0, 0.05) is 37.1 Å². The second kappa shape index (κ2) is 2.76.